The number of pyridine rings is 1. The molecule has 0 fully saturated rings. The van der Waals surface area contributed by atoms with Crippen molar-refractivity contribution in [2.24, 2.45) is 0 Å². The lowest BCUT2D eigenvalue weighted by molar-refractivity contribution is 0.180. The van der Waals surface area contributed by atoms with Gasteiger partial charge in [-0.25, -0.2) is 0 Å². The minimum Gasteiger partial charge on any atom is -0.455 e. The number of ether oxygens (including phenoxy) is 1. The first-order valence-electron chi connectivity index (χ1n) is 6.15. The molecule has 0 unspecified atom stereocenters. The van der Waals surface area contributed by atoms with E-state index in [0.717, 1.165) is 41.2 Å². The van der Waals surface area contributed by atoms with E-state index in [9.17, 15) is 5.11 Å². The van der Waals surface area contributed by atoms with E-state index in [-0.39, 0.29) is 6.10 Å². The van der Waals surface area contributed by atoms with Gasteiger partial charge in [0.1, 0.15) is 11.5 Å². The highest BCUT2D eigenvalue weighted by atomic mass is 16.5. The van der Waals surface area contributed by atoms with Crippen molar-refractivity contribution in [3.8, 4) is 11.5 Å². The van der Waals surface area contributed by atoms with Crippen LogP contribution in [0.2, 0.25) is 0 Å². The van der Waals surface area contributed by atoms with Gasteiger partial charge in [-0.05, 0) is 43.5 Å². The van der Waals surface area contributed by atoms with E-state index in [0.29, 0.717) is 0 Å². The molecule has 18 heavy (non-hydrogen) atoms. The first-order valence-corrected chi connectivity index (χ1v) is 6.15. The number of rotatable bonds is 2. The molecule has 0 bridgehead atoms. The molecule has 1 aromatic heterocycles. The van der Waals surface area contributed by atoms with Crippen LogP contribution in [0, 0.1) is 6.92 Å². The van der Waals surface area contributed by atoms with E-state index in [2.05, 4.69) is 4.98 Å². The SMILES string of the molecule is Cc1ncccc1Oc1cccc2c1CC[C@@H]2O. The molecule has 1 heterocycles. The molecule has 0 amide bonds. The Hall–Kier alpha value is -1.87. The fraction of sp³-hybridized carbons (Fsp3) is 0.267. The fourth-order valence-corrected chi connectivity index (χ4v) is 2.39. The van der Waals surface area contributed by atoms with Gasteiger partial charge >= 0.3 is 0 Å². The molecule has 0 saturated carbocycles. The Labute approximate surface area is 106 Å². The third-order valence-electron chi connectivity index (χ3n) is 3.37. The summed E-state index contributed by atoms with van der Waals surface area (Å²) < 4.78 is 5.93. The number of aromatic nitrogens is 1. The van der Waals surface area contributed by atoms with Gasteiger partial charge in [0, 0.05) is 11.8 Å². The second kappa shape index (κ2) is 4.42. The Kier molecular flexibility index (Phi) is 2.76. The van der Waals surface area contributed by atoms with Gasteiger partial charge in [0.25, 0.3) is 0 Å². The van der Waals surface area contributed by atoms with Crippen LogP contribution in [-0.4, -0.2) is 10.1 Å². The van der Waals surface area contributed by atoms with Crippen molar-refractivity contribution in [2.45, 2.75) is 25.9 Å². The summed E-state index contributed by atoms with van der Waals surface area (Å²) in [5.41, 5.74) is 2.98. The molecule has 3 nitrogen and oxygen atoms in total. The zero-order chi connectivity index (χ0) is 12.5. The van der Waals surface area contributed by atoms with Crippen LogP contribution in [0.3, 0.4) is 0 Å². The minimum atomic E-state index is -0.349. The van der Waals surface area contributed by atoms with Crippen molar-refractivity contribution in [3.05, 3.63) is 53.3 Å². The largest absolute Gasteiger partial charge is 0.455 e. The number of benzene rings is 1. The van der Waals surface area contributed by atoms with E-state index >= 15 is 0 Å². The number of aryl methyl sites for hydroxylation is 1. The summed E-state index contributed by atoms with van der Waals surface area (Å²) in [7, 11) is 0. The van der Waals surface area contributed by atoms with E-state index < -0.39 is 0 Å². The van der Waals surface area contributed by atoms with Crippen LogP contribution in [0.1, 0.15) is 29.3 Å². The first-order chi connectivity index (χ1) is 8.75. The van der Waals surface area contributed by atoms with Crippen molar-refractivity contribution >= 4 is 0 Å². The quantitative estimate of drug-likeness (QED) is 0.878. The fourth-order valence-electron chi connectivity index (χ4n) is 2.39. The van der Waals surface area contributed by atoms with Gasteiger partial charge in [0.2, 0.25) is 0 Å². The zero-order valence-corrected chi connectivity index (χ0v) is 10.3. The van der Waals surface area contributed by atoms with Crippen molar-refractivity contribution in [1.29, 1.82) is 0 Å². The monoisotopic (exact) mass is 241 g/mol. The molecule has 2 aromatic rings. The third kappa shape index (κ3) is 1.87. The Morgan fingerprint density at radius 3 is 2.89 bits per heavy atom. The normalized spacial score (nSPS) is 17.6. The van der Waals surface area contributed by atoms with Crippen molar-refractivity contribution in [2.75, 3.05) is 0 Å². The predicted molar refractivity (Wildman–Crippen MR) is 68.8 cm³/mol. The van der Waals surface area contributed by atoms with Crippen LogP contribution < -0.4 is 4.74 Å². The lowest BCUT2D eigenvalue weighted by Gasteiger charge is -2.12. The standard InChI is InChI=1S/C15H15NO2/c1-10-14(6-3-9-16-10)18-15-5-2-4-11-12(15)7-8-13(11)17/h2-6,9,13,17H,7-8H2,1H3/t13-/m0/s1. The Bertz CT molecular complexity index is 580. The van der Waals surface area contributed by atoms with Gasteiger partial charge in [0.05, 0.1) is 11.8 Å². The maximum absolute atomic E-state index is 9.86. The maximum Gasteiger partial charge on any atom is 0.148 e. The Balaban J connectivity index is 1.98. The van der Waals surface area contributed by atoms with Crippen molar-refractivity contribution in [1.82, 2.24) is 4.98 Å². The number of aliphatic hydroxyl groups is 1. The van der Waals surface area contributed by atoms with Crippen molar-refractivity contribution < 1.29 is 9.84 Å². The van der Waals surface area contributed by atoms with Gasteiger partial charge in [-0.3, -0.25) is 4.98 Å². The molecule has 0 radical (unpaired) electrons. The highest BCUT2D eigenvalue weighted by Gasteiger charge is 2.23. The van der Waals surface area contributed by atoms with E-state index in [1.807, 2.05) is 37.3 Å². The van der Waals surface area contributed by atoms with Gasteiger partial charge in [-0.15, -0.1) is 0 Å². The van der Waals surface area contributed by atoms with E-state index in [4.69, 9.17) is 4.74 Å². The summed E-state index contributed by atoms with van der Waals surface area (Å²) in [5, 5.41) is 9.86. The van der Waals surface area contributed by atoms with Crippen LogP contribution in [0.25, 0.3) is 0 Å². The van der Waals surface area contributed by atoms with Crippen LogP contribution in [-0.2, 0) is 6.42 Å². The van der Waals surface area contributed by atoms with Crippen molar-refractivity contribution in [3.63, 3.8) is 0 Å². The molecular weight excluding hydrogens is 226 g/mol. The molecule has 1 aromatic carbocycles. The summed E-state index contributed by atoms with van der Waals surface area (Å²) in [6.45, 7) is 1.92. The maximum atomic E-state index is 9.86. The number of aliphatic hydroxyl groups excluding tert-OH is 1. The lowest BCUT2D eigenvalue weighted by atomic mass is 10.1. The summed E-state index contributed by atoms with van der Waals surface area (Å²) >= 11 is 0. The Morgan fingerprint density at radius 2 is 2.06 bits per heavy atom. The van der Waals surface area contributed by atoms with Gasteiger partial charge in [-0.1, -0.05) is 12.1 Å². The second-order valence-corrected chi connectivity index (χ2v) is 4.57. The molecular formula is C15H15NO2. The molecule has 1 aliphatic carbocycles. The summed E-state index contributed by atoms with van der Waals surface area (Å²) in [6.07, 6.45) is 3.05. The molecule has 0 aliphatic heterocycles. The molecule has 3 rings (SSSR count). The van der Waals surface area contributed by atoms with E-state index in [1.54, 1.807) is 6.20 Å². The molecule has 0 spiro atoms. The number of hydrogen-bond donors (Lipinski definition) is 1. The number of nitrogens with zero attached hydrogens (tertiary/aromatic N) is 1. The summed E-state index contributed by atoms with van der Waals surface area (Å²) in [6, 6.07) is 9.61. The predicted octanol–water partition coefficient (Wildman–Crippen LogP) is 3.16. The summed E-state index contributed by atoms with van der Waals surface area (Å²) in [5.74, 6) is 1.60. The molecule has 1 atom stereocenters. The summed E-state index contributed by atoms with van der Waals surface area (Å²) in [4.78, 5) is 4.21. The van der Waals surface area contributed by atoms with Crippen LogP contribution in [0.5, 0.6) is 11.5 Å². The molecule has 0 saturated heterocycles. The van der Waals surface area contributed by atoms with Crippen LogP contribution in [0.4, 0.5) is 0 Å². The number of hydrogen-bond acceptors (Lipinski definition) is 3. The highest BCUT2D eigenvalue weighted by Crippen LogP contribution is 2.38. The smallest absolute Gasteiger partial charge is 0.148 e. The number of fused-ring (bicyclic) bond motifs is 1. The first kappa shape index (κ1) is 11.2. The third-order valence-corrected chi connectivity index (χ3v) is 3.37. The van der Waals surface area contributed by atoms with Crippen LogP contribution >= 0.6 is 0 Å². The molecule has 1 aliphatic rings. The van der Waals surface area contributed by atoms with Gasteiger partial charge in [-0.2, -0.15) is 0 Å². The molecule has 3 heteroatoms. The minimum absolute atomic E-state index is 0.349. The lowest BCUT2D eigenvalue weighted by Crippen LogP contribution is -1.94. The van der Waals surface area contributed by atoms with E-state index in [1.165, 1.54) is 0 Å². The molecule has 92 valence electrons. The molecule has 1 N–H and O–H groups in total. The Morgan fingerprint density at radius 1 is 1.22 bits per heavy atom. The van der Waals surface area contributed by atoms with Gasteiger partial charge < -0.3 is 9.84 Å². The second-order valence-electron chi connectivity index (χ2n) is 4.57. The zero-order valence-electron chi connectivity index (χ0n) is 10.3. The van der Waals surface area contributed by atoms with Crippen LogP contribution in [0.15, 0.2) is 36.5 Å². The highest BCUT2D eigenvalue weighted by molar-refractivity contribution is 5.46. The average Bonchev–Trinajstić information content (AvgIpc) is 2.76. The topological polar surface area (TPSA) is 42.4 Å². The van der Waals surface area contributed by atoms with Gasteiger partial charge in [0.15, 0.2) is 0 Å². The average molecular weight is 241 g/mol.